The number of aliphatic imine (C=N–C) groups is 1. The number of anilines is 1. The Morgan fingerprint density at radius 2 is 1.86 bits per heavy atom. The van der Waals surface area contributed by atoms with Crippen molar-refractivity contribution in [2.45, 2.75) is 6.18 Å². The number of alkyl halides is 3. The number of nitro benzene ring substituents is 2. The molecule has 2 N–H and O–H groups in total. The van der Waals surface area contributed by atoms with E-state index in [0.717, 1.165) is 24.3 Å². The van der Waals surface area contributed by atoms with Gasteiger partial charge in [0.15, 0.2) is 0 Å². The number of benzene rings is 2. The number of nitrogens with zero attached hydrogens (tertiary/aromatic N) is 3. The zero-order valence-electron chi connectivity index (χ0n) is 14.3. The number of phenols is 1. The van der Waals surface area contributed by atoms with Gasteiger partial charge in [-0.1, -0.05) is 0 Å². The van der Waals surface area contributed by atoms with Gasteiger partial charge in [0.25, 0.3) is 11.4 Å². The van der Waals surface area contributed by atoms with Crippen LogP contribution in [-0.2, 0) is 6.18 Å². The highest BCUT2D eigenvalue weighted by Crippen LogP contribution is 2.35. The summed E-state index contributed by atoms with van der Waals surface area (Å²) in [5.74, 6) is -0.259. The first-order valence-corrected chi connectivity index (χ1v) is 8.56. The molecule has 0 bridgehead atoms. The first kappa shape index (κ1) is 22.1. The van der Waals surface area contributed by atoms with E-state index in [1.54, 1.807) is 0 Å². The summed E-state index contributed by atoms with van der Waals surface area (Å²) < 4.78 is 38.2. The summed E-state index contributed by atoms with van der Waals surface area (Å²) in [7, 11) is 0. The molecule has 0 unspecified atom stereocenters. The molecule has 0 fully saturated rings. The lowest BCUT2D eigenvalue weighted by Gasteiger charge is -2.10. The number of non-ortho nitro benzene ring substituents is 1. The molecule has 0 spiro atoms. The topological polar surface area (TPSA) is 131 Å². The number of hydrogen-bond acceptors (Lipinski definition) is 7. The minimum Gasteiger partial charge on any atom is -0.506 e. The third-order valence-corrected chi connectivity index (χ3v) is 4.20. The standard InChI is InChI=1S/C16H12BrF3N4O5/c17-12-7-11(23(26)27)5-9(15(12)25)8-21-3-4-22-13-2-1-10(16(18,19)20)6-14(13)24(28)29/h1-2,5-8,22,25H,3-4H2. The van der Waals surface area contributed by atoms with Crippen molar-refractivity contribution in [1.82, 2.24) is 0 Å². The van der Waals surface area contributed by atoms with Crippen LogP contribution >= 0.6 is 15.9 Å². The molecular formula is C16H12BrF3N4O5. The lowest BCUT2D eigenvalue weighted by atomic mass is 10.1. The SMILES string of the molecule is O=[N+]([O-])c1cc(Br)c(O)c(C=NCCNc2ccc(C(F)(F)F)cc2[N+](=O)[O-])c1. The van der Waals surface area contributed by atoms with Crippen LogP contribution in [0.3, 0.4) is 0 Å². The highest BCUT2D eigenvalue weighted by Gasteiger charge is 2.32. The lowest BCUT2D eigenvalue weighted by molar-refractivity contribution is -0.385. The normalized spacial score (nSPS) is 11.6. The predicted octanol–water partition coefficient (Wildman–Crippen LogP) is 4.52. The van der Waals surface area contributed by atoms with Crippen LogP contribution in [0.15, 0.2) is 39.8 Å². The van der Waals surface area contributed by atoms with E-state index in [9.17, 15) is 38.5 Å². The van der Waals surface area contributed by atoms with Crippen LogP contribution in [0, 0.1) is 20.2 Å². The molecule has 0 aliphatic heterocycles. The van der Waals surface area contributed by atoms with Crippen LogP contribution in [0.1, 0.15) is 11.1 Å². The van der Waals surface area contributed by atoms with Crippen molar-refractivity contribution in [2.24, 2.45) is 4.99 Å². The molecule has 2 rings (SSSR count). The molecule has 0 saturated heterocycles. The molecule has 154 valence electrons. The second kappa shape index (κ2) is 8.86. The Balaban J connectivity index is 2.08. The summed E-state index contributed by atoms with van der Waals surface area (Å²) >= 11 is 2.99. The van der Waals surface area contributed by atoms with Crippen molar-refractivity contribution >= 4 is 39.2 Å². The molecule has 0 radical (unpaired) electrons. The van der Waals surface area contributed by atoms with Gasteiger partial charge in [0.05, 0.1) is 26.4 Å². The number of aromatic hydroxyl groups is 1. The molecule has 0 aliphatic rings. The summed E-state index contributed by atoms with van der Waals surface area (Å²) in [5.41, 5.74) is -2.18. The number of nitrogens with one attached hydrogen (secondary N) is 1. The van der Waals surface area contributed by atoms with Crippen LogP contribution in [0.4, 0.5) is 30.2 Å². The van der Waals surface area contributed by atoms with E-state index < -0.39 is 27.3 Å². The number of rotatable bonds is 7. The van der Waals surface area contributed by atoms with E-state index >= 15 is 0 Å². The number of halogens is 4. The molecule has 0 saturated carbocycles. The van der Waals surface area contributed by atoms with Crippen molar-refractivity contribution in [3.05, 3.63) is 66.2 Å². The zero-order chi connectivity index (χ0) is 21.8. The van der Waals surface area contributed by atoms with Crippen LogP contribution in [0.5, 0.6) is 5.75 Å². The van der Waals surface area contributed by atoms with E-state index in [2.05, 4.69) is 26.2 Å². The van der Waals surface area contributed by atoms with Gasteiger partial charge in [-0.2, -0.15) is 13.2 Å². The largest absolute Gasteiger partial charge is 0.506 e. The average molecular weight is 477 g/mol. The minimum atomic E-state index is -4.71. The second-order valence-electron chi connectivity index (χ2n) is 5.57. The van der Waals surface area contributed by atoms with Gasteiger partial charge < -0.3 is 10.4 Å². The first-order valence-electron chi connectivity index (χ1n) is 7.77. The molecule has 2 aromatic rings. The van der Waals surface area contributed by atoms with Gasteiger partial charge >= 0.3 is 6.18 Å². The molecule has 9 nitrogen and oxygen atoms in total. The molecule has 0 aromatic heterocycles. The van der Waals surface area contributed by atoms with Crippen molar-refractivity contribution in [3.8, 4) is 5.75 Å². The highest BCUT2D eigenvalue weighted by molar-refractivity contribution is 9.10. The van der Waals surface area contributed by atoms with E-state index in [4.69, 9.17) is 0 Å². The Kier molecular flexibility index (Phi) is 6.74. The van der Waals surface area contributed by atoms with Gasteiger partial charge in [-0.25, -0.2) is 0 Å². The second-order valence-corrected chi connectivity index (χ2v) is 6.43. The molecule has 0 aliphatic carbocycles. The van der Waals surface area contributed by atoms with Gasteiger partial charge in [0, 0.05) is 36.5 Å². The average Bonchev–Trinajstić information content (AvgIpc) is 2.63. The molecule has 29 heavy (non-hydrogen) atoms. The molecule has 0 heterocycles. The summed E-state index contributed by atoms with van der Waals surface area (Å²) in [6.45, 7) is 0.0531. The van der Waals surface area contributed by atoms with E-state index in [1.165, 1.54) is 6.21 Å². The van der Waals surface area contributed by atoms with Gasteiger partial charge in [-0.3, -0.25) is 25.2 Å². The van der Waals surface area contributed by atoms with Gasteiger partial charge in [0.1, 0.15) is 11.4 Å². The Labute approximate surface area is 169 Å². The minimum absolute atomic E-state index is 0.0257. The van der Waals surface area contributed by atoms with Crippen molar-refractivity contribution in [3.63, 3.8) is 0 Å². The van der Waals surface area contributed by atoms with Crippen LogP contribution in [0.25, 0.3) is 0 Å². The Morgan fingerprint density at radius 1 is 1.17 bits per heavy atom. The Morgan fingerprint density at radius 3 is 2.45 bits per heavy atom. The van der Waals surface area contributed by atoms with Crippen molar-refractivity contribution in [1.29, 1.82) is 0 Å². The quantitative estimate of drug-likeness (QED) is 0.261. The molecule has 2 aromatic carbocycles. The van der Waals surface area contributed by atoms with E-state index in [-0.39, 0.29) is 40.2 Å². The third kappa shape index (κ3) is 5.63. The van der Waals surface area contributed by atoms with Crippen LogP contribution in [0.2, 0.25) is 0 Å². The maximum Gasteiger partial charge on any atom is 0.416 e. The molecule has 13 heteroatoms. The van der Waals surface area contributed by atoms with E-state index in [1.807, 2.05) is 0 Å². The summed E-state index contributed by atoms with van der Waals surface area (Å²) in [6, 6.07) is 4.34. The predicted molar refractivity (Wildman–Crippen MR) is 102 cm³/mol. The molecule has 0 atom stereocenters. The van der Waals surface area contributed by atoms with Gasteiger partial charge in [-0.05, 0) is 28.1 Å². The fraction of sp³-hybridized carbons (Fsp3) is 0.188. The van der Waals surface area contributed by atoms with Gasteiger partial charge in [-0.15, -0.1) is 0 Å². The molecular weight excluding hydrogens is 465 g/mol. The maximum absolute atomic E-state index is 12.7. The number of hydrogen-bond donors (Lipinski definition) is 2. The van der Waals surface area contributed by atoms with Gasteiger partial charge in [0.2, 0.25) is 0 Å². The Hall–Kier alpha value is -3.22. The van der Waals surface area contributed by atoms with Crippen LogP contribution in [-0.4, -0.2) is 34.3 Å². The van der Waals surface area contributed by atoms with E-state index in [0.29, 0.717) is 6.07 Å². The first-order chi connectivity index (χ1) is 13.5. The third-order valence-electron chi connectivity index (χ3n) is 3.60. The smallest absolute Gasteiger partial charge is 0.416 e. The maximum atomic E-state index is 12.7. The number of nitro groups is 2. The number of phenolic OH excluding ortho intramolecular Hbond substituents is 1. The fourth-order valence-corrected chi connectivity index (χ4v) is 2.70. The Bertz CT molecular complexity index is 982. The summed E-state index contributed by atoms with van der Waals surface area (Å²) in [5, 5.41) is 34.4. The van der Waals surface area contributed by atoms with Crippen LogP contribution < -0.4 is 5.32 Å². The fourth-order valence-electron chi connectivity index (χ4n) is 2.24. The monoisotopic (exact) mass is 476 g/mol. The molecule has 0 amide bonds. The highest BCUT2D eigenvalue weighted by atomic mass is 79.9. The van der Waals surface area contributed by atoms with Crippen molar-refractivity contribution in [2.75, 3.05) is 18.4 Å². The summed E-state index contributed by atoms with van der Waals surface area (Å²) in [6.07, 6.45) is -3.53. The lowest BCUT2D eigenvalue weighted by Crippen LogP contribution is -2.10. The van der Waals surface area contributed by atoms with Crippen molar-refractivity contribution < 1.29 is 28.1 Å². The zero-order valence-corrected chi connectivity index (χ0v) is 15.9. The summed E-state index contributed by atoms with van der Waals surface area (Å²) in [4.78, 5) is 24.2.